The molecule has 0 aromatic carbocycles. The molecule has 0 aromatic heterocycles. The van der Waals surface area contributed by atoms with Crippen molar-refractivity contribution in [2.45, 2.75) is 37.9 Å². The maximum atomic E-state index is 9.30. The van der Waals surface area contributed by atoms with Gasteiger partial charge in [-0.15, -0.1) is 0 Å². The molecule has 1 aliphatic heterocycles. The Bertz CT molecular complexity index is 120. The van der Waals surface area contributed by atoms with Crippen molar-refractivity contribution >= 4 is 0 Å². The summed E-state index contributed by atoms with van der Waals surface area (Å²) in [5.41, 5.74) is 0. The predicted molar refractivity (Wildman–Crippen MR) is 37.7 cm³/mol. The smallest absolute Gasteiger partial charge is 0.0838 e. The van der Waals surface area contributed by atoms with Crippen LogP contribution in [0.25, 0.3) is 0 Å². The summed E-state index contributed by atoms with van der Waals surface area (Å²) >= 11 is 0. The van der Waals surface area contributed by atoms with E-state index in [2.05, 4.69) is 0 Å². The monoisotopic (exact) mass is 142 g/mol. The summed E-state index contributed by atoms with van der Waals surface area (Å²) in [4.78, 5) is 0. The van der Waals surface area contributed by atoms with Crippen molar-refractivity contribution in [2.75, 3.05) is 6.61 Å². The quantitative estimate of drug-likeness (QED) is 0.552. The second kappa shape index (κ2) is 2.51. The lowest BCUT2D eigenvalue weighted by Crippen LogP contribution is -2.22. The van der Waals surface area contributed by atoms with Crippen LogP contribution in [0.4, 0.5) is 0 Å². The molecule has 3 atom stereocenters. The number of rotatable bonds is 1. The van der Waals surface area contributed by atoms with E-state index in [0.29, 0.717) is 12.0 Å². The van der Waals surface area contributed by atoms with E-state index < -0.39 is 0 Å². The predicted octanol–water partition coefficient (Wildman–Crippen LogP) is 0.936. The largest absolute Gasteiger partial charge is 0.393 e. The first-order chi connectivity index (χ1) is 4.86. The first-order valence-electron chi connectivity index (χ1n) is 4.16. The van der Waals surface area contributed by atoms with E-state index in [9.17, 15) is 5.11 Å². The van der Waals surface area contributed by atoms with E-state index in [4.69, 9.17) is 4.74 Å². The minimum absolute atomic E-state index is 0.0389. The maximum Gasteiger partial charge on any atom is 0.0838 e. The average molecular weight is 142 g/mol. The zero-order valence-corrected chi connectivity index (χ0v) is 6.12. The van der Waals surface area contributed by atoms with Crippen LogP contribution in [0, 0.1) is 5.92 Å². The highest BCUT2D eigenvalue weighted by Gasteiger charge is 2.35. The molecule has 0 aromatic rings. The third-order valence-corrected chi connectivity index (χ3v) is 2.57. The van der Waals surface area contributed by atoms with Gasteiger partial charge in [-0.05, 0) is 25.2 Å². The van der Waals surface area contributed by atoms with E-state index >= 15 is 0 Å². The van der Waals surface area contributed by atoms with Gasteiger partial charge in [-0.3, -0.25) is 0 Å². The van der Waals surface area contributed by atoms with E-state index in [0.717, 1.165) is 19.4 Å². The van der Waals surface area contributed by atoms with Crippen LogP contribution in [0.1, 0.15) is 25.7 Å². The highest BCUT2D eigenvalue weighted by atomic mass is 16.6. The lowest BCUT2D eigenvalue weighted by Gasteiger charge is -2.23. The minimum Gasteiger partial charge on any atom is -0.393 e. The molecule has 2 nitrogen and oxygen atoms in total. The van der Waals surface area contributed by atoms with Gasteiger partial charge < -0.3 is 9.84 Å². The fraction of sp³-hybridized carbons (Fsp3) is 1.00. The molecule has 1 saturated heterocycles. The lowest BCUT2D eigenvalue weighted by molar-refractivity contribution is 0.0903. The summed E-state index contributed by atoms with van der Waals surface area (Å²) < 4.78 is 5.19. The minimum atomic E-state index is -0.0389. The molecular formula is C8H14O2. The van der Waals surface area contributed by atoms with Crippen LogP contribution >= 0.6 is 0 Å². The van der Waals surface area contributed by atoms with Crippen LogP contribution in [0.15, 0.2) is 0 Å². The molecule has 1 N–H and O–H groups in total. The van der Waals surface area contributed by atoms with Crippen molar-refractivity contribution in [3.63, 3.8) is 0 Å². The standard InChI is InChI=1S/C8H14O2/c9-7-3-1-2-6(4-7)8-5-10-8/h6-9H,1-5H2/t6?,7-,8?/m1/s1. The summed E-state index contributed by atoms with van der Waals surface area (Å²) in [5, 5.41) is 9.30. The highest BCUT2D eigenvalue weighted by Crippen LogP contribution is 2.33. The van der Waals surface area contributed by atoms with Crippen LogP contribution in [-0.2, 0) is 4.74 Å². The van der Waals surface area contributed by atoms with Crippen molar-refractivity contribution < 1.29 is 9.84 Å². The van der Waals surface area contributed by atoms with Gasteiger partial charge >= 0.3 is 0 Å². The van der Waals surface area contributed by atoms with Crippen LogP contribution in [-0.4, -0.2) is 23.9 Å². The lowest BCUT2D eigenvalue weighted by atomic mass is 9.85. The number of aliphatic hydroxyl groups excluding tert-OH is 1. The molecule has 2 fully saturated rings. The van der Waals surface area contributed by atoms with Crippen LogP contribution in [0.2, 0.25) is 0 Å². The van der Waals surface area contributed by atoms with E-state index in [1.165, 1.54) is 12.8 Å². The SMILES string of the molecule is O[C@@H]1CCCC(C2CO2)C1. The molecule has 1 saturated carbocycles. The Labute approximate surface area is 61.2 Å². The third-order valence-electron chi connectivity index (χ3n) is 2.57. The van der Waals surface area contributed by atoms with Crippen molar-refractivity contribution in [1.82, 2.24) is 0 Å². The van der Waals surface area contributed by atoms with Crippen LogP contribution < -0.4 is 0 Å². The second-order valence-electron chi connectivity index (χ2n) is 3.45. The first-order valence-corrected chi connectivity index (χ1v) is 4.16. The van der Waals surface area contributed by atoms with Gasteiger partial charge in [-0.2, -0.15) is 0 Å². The Morgan fingerprint density at radius 1 is 1.30 bits per heavy atom. The molecule has 1 aliphatic carbocycles. The molecular weight excluding hydrogens is 128 g/mol. The summed E-state index contributed by atoms with van der Waals surface area (Å²) in [6.07, 6.45) is 4.90. The van der Waals surface area contributed by atoms with Crippen LogP contribution in [0.3, 0.4) is 0 Å². The summed E-state index contributed by atoms with van der Waals surface area (Å²) in [5.74, 6) is 0.670. The molecule has 2 unspecified atom stereocenters. The van der Waals surface area contributed by atoms with Crippen molar-refractivity contribution in [2.24, 2.45) is 5.92 Å². The van der Waals surface area contributed by atoms with Gasteiger partial charge in [0, 0.05) is 0 Å². The highest BCUT2D eigenvalue weighted by molar-refractivity contribution is 4.84. The number of epoxide rings is 1. The normalized spacial score (nSPS) is 47.1. The number of hydrogen-bond acceptors (Lipinski definition) is 2. The third kappa shape index (κ3) is 1.32. The topological polar surface area (TPSA) is 32.8 Å². The molecule has 0 radical (unpaired) electrons. The Morgan fingerprint density at radius 3 is 2.70 bits per heavy atom. The molecule has 2 heteroatoms. The number of ether oxygens (including phenoxy) is 1. The fourth-order valence-corrected chi connectivity index (χ4v) is 1.87. The van der Waals surface area contributed by atoms with Crippen molar-refractivity contribution in [3.8, 4) is 0 Å². The Hall–Kier alpha value is -0.0800. The molecule has 1 heterocycles. The van der Waals surface area contributed by atoms with Gasteiger partial charge in [0.2, 0.25) is 0 Å². The van der Waals surface area contributed by atoms with Gasteiger partial charge in [0.1, 0.15) is 0 Å². The number of aliphatic hydroxyl groups is 1. The Morgan fingerprint density at radius 2 is 2.10 bits per heavy atom. The van der Waals surface area contributed by atoms with Gasteiger partial charge in [0.05, 0.1) is 18.8 Å². The van der Waals surface area contributed by atoms with E-state index in [-0.39, 0.29) is 6.10 Å². The molecule has 58 valence electrons. The zero-order valence-electron chi connectivity index (χ0n) is 6.12. The molecule has 0 amide bonds. The summed E-state index contributed by atoms with van der Waals surface area (Å²) in [7, 11) is 0. The van der Waals surface area contributed by atoms with Crippen LogP contribution in [0.5, 0.6) is 0 Å². The fourth-order valence-electron chi connectivity index (χ4n) is 1.87. The second-order valence-corrected chi connectivity index (χ2v) is 3.45. The van der Waals surface area contributed by atoms with Gasteiger partial charge in [0.15, 0.2) is 0 Å². The van der Waals surface area contributed by atoms with Gasteiger partial charge in [0.25, 0.3) is 0 Å². The van der Waals surface area contributed by atoms with Crippen molar-refractivity contribution in [3.05, 3.63) is 0 Å². The zero-order chi connectivity index (χ0) is 6.97. The first kappa shape index (κ1) is 6.62. The van der Waals surface area contributed by atoms with Gasteiger partial charge in [-0.25, -0.2) is 0 Å². The van der Waals surface area contributed by atoms with E-state index in [1.807, 2.05) is 0 Å². The molecule has 0 bridgehead atoms. The Balaban J connectivity index is 1.84. The Kier molecular flexibility index (Phi) is 1.66. The molecule has 0 spiro atoms. The molecule has 2 aliphatic rings. The van der Waals surface area contributed by atoms with Gasteiger partial charge in [-0.1, -0.05) is 6.42 Å². The molecule has 10 heavy (non-hydrogen) atoms. The average Bonchev–Trinajstić information content (AvgIpc) is 2.68. The summed E-state index contributed by atoms with van der Waals surface area (Å²) in [6.45, 7) is 0.942. The molecule has 2 rings (SSSR count). The van der Waals surface area contributed by atoms with Crippen molar-refractivity contribution in [1.29, 1.82) is 0 Å². The van der Waals surface area contributed by atoms with E-state index in [1.54, 1.807) is 0 Å². The maximum absolute atomic E-state index is 9.30. The number of hydrogen-bond donors (Lipinski definition) is 1. The summed E-state index contributed by atoms with van der Waals surface area (Å²) in [6, 6.07) is 0.